The van der Waals surface area contributed by atoms with Crippen molar-refractivity contribution in [2.24, 2.45) is 0 Å². The highest BCUT2D eigenvalue weighted by atomic mass is 16.3. The van der Waals surface area contributed by atoms with Gasteiger partial charge in [-0.3, -0.25) is 9.69 Å². The molecule has 0 aromatic heterocycles. The Labute approximate surface area is 158 Å². The molecular weight excluding hydrogens is 334 g/mol. The Morgan fingerprint density at radius 1 is 0.778 bits per heavy atom. The van der Waals surface area contributed by atoms with E-state index >= 15 is 0 Å². The third-order valence-corrected chi connectivity index (χ3v) is 4.72. The SMILES string of the molecule is CC1=C(c2ccccc2)N(c2ccccc2)C(=O)/C1=C(/O)c1ccccc1. The third-order valence-electron chi connectivity index (χ3n) is 4.72. The molecule has 0 saturated heterocycles. The largest absolute Gasteiger partial charge is 0.506 e. The second-order valence-corrected chi connectivity index (χ2v) is 6.41. The predicted molar refractivity (Wildman–Crippen MR) is 109 cm³/mol. The van der Waals surface area contributed by atoms with Crippen molar-refractivity contribution in [3.8, 4) is 0 Å². The molecule has 4 rings (SSSR count). The van der Waals surface area contributed by atoms with Crippen LogP contribution in [0.25, 0.3) is 11.5 Å². The van der Waals surface area contributed by atoms with Crippen molar-refractivity contribution in [2.75, 3.05) is 4.90 Å². The minimum Gasteiger partial charge on any atom is -0.506 e. The molecule has 3 aromatic rings. The van der Waals surface area contributed by atoms with E-state index in [-0.39, 0.29) is 11.7 Å². The average molecular weight is 353 g/mol. The number of anilines is 1. The lowest BCUT2D eigenvalue weighted by Gasteiger charge is -2.21. The molecule has 1 N–H and O–H groups in total. The van der Waals surface area contributed by atoms with Gasteiger partial charge in [-0.2, -0.15) is 0 Å². The van der Waals surface area contributed by atoms with Crippen LogP contribution in [0.3, 0.4) is 0 Å². The highest BCUT2D eigenvalue weighted by Gasteiger charge is 2.37. The maximum absolute atomic E-state index is 13.4. The molecular formula is C24H19NO2. The number of aliphatic hydroxyl groups excluding tert-OH is 1. The van der Waals surface area contributed by atoms with Crippen molar-refractivity contribution in [3.05, 3.63) is 113 Å². The van der Waals surface area contributed by atoms with Crippen LogP contribution in [0.4, 0.5) is 5.69 Å². The molecule has 0 unspecified atom stereocenters. The first-order valence-electron chi connectivity index (χ1n) is 8.83. The van der Waals surface area contributed by atoms with Gasteiger partial charge in [0.1, 0.15) is 5.76 Å². The molecule has 1 aliphatic heterocycles. The van der Waals surface area contributed by atoms with Gasteiger partial charge in [-0.05, 0) is 30.2 Å². The molecule has 1 aliphatic rings. The van der Waals surface area contributed by atoms with Gasteiger partial charge in [0.15, 0.2) is 0 Å². The Balaban J connectivity index is 1.95. The molecule has 1 heterocycles. The summed E-state index contributed by atoms with van der Waals surface area (Å²) in [5.41, 5.74) is 4.23. The molecule has 0 aliphatic carbocycles. The van der Waals surface area contributed by atoms with Crippen molar-refractivity contribution >= 4 is 23.1 Å². The number of rotatable bonds is 3. The zero-order valence-electron chi connectivity index (χ0n) is 15.0. The van der Waals surface area contributed by atoms with E-state index in [9.17, 15) is 9.90 Å². The fourth-order valence-corrected chi connectivity index (χ4v) is 3.44. The number of carbonyl (C=O) groups excluding carboxylic acids is 1. The van der Waals surface area contributed by atoms with Gasteiger partial charge in [0, 0.05) is 11.3 Å². The number of hydrogen-bond donors (Lipinski definition) is 1. The molecule has 1 amide bonds. The normalized spacial score (nSPS) is 16.0. The fourth-order valence-electron chi connectivity index (χ4n) is 3.44. The van der Waals surface area contributed by atoms with Crippen LogP contribution in [-0.2, 0) is 4.79 Å². The minimum absolute atomic E-state index is 0.00459. The van der Waals surface area contributed by atoms with Crippen molar-refractivity contribution < 1.29 is 9.90 Å². The molecule has 0 fully saturated rings. The number of para-hydroxylation sites is 1. The smallest absolute Gasteiger partial charge is 0.266 e. The van der Waals surface area contributed by atoms with Gasteiger partial charge in [0.25, 0.3) is 5.91 Å². The molecule has 3 nitrogen and oxygen atoms in total. The molecule has 0 saturated carbocycles. The van der Waals surface area contributed by atoms with Crippen LogP contribution in [0.2, 0.25) is 0 Å². The molecule has 3 aromatic carbocycles. The molecule has 0 atom stereocenters. The molecule has 132 valence electrons. The van der Waals surface area contributed by atoms with E-state index in [1.807, 2.05) is 85.8 Å². The Morgan fingerprint density at radius 2 is 1.30 bits per heavy atom. The highest BCUT2D eigenvalue weighted by molar-refractivity contribution is 6.25. The van der Waals surface area contributed by atoms with Crippen LogP contribution in [-0.4, -0.2) is 11.0 Å². The van der Waals surface area contributed by atoms with Gasteiger partial charge in [-0.25, -0.2) is 0 Å². The first-order chi connectivity index (χ1) is 13.2. The lowest BCUT2D eigenvalue weighted by Crippen LogP contribution is -2.25. The van der Waals surface area contributed by atoms with Gasteiger partial charge >= 0.3 is 0 Å². The number of aliphatic hydroxyl groups is 1. The second-order valence-electron chi connectivity index (χ2n) is 6.41. The highest BCUT2D eigenvalue weighted by Crippen LogP contribution is 2.41. The molecule has 27 heavy (non-hydrogen) atoms. The van der Waals surface area contributed by atoms with Crippen LogP contribution < -0.4 is 4.90 Å². The van der Waals surface area contributed by atoms with E-state index < -0.39 is 0 Å². The van der Waals surface area contributed by atoms with Crippen molar-refractivity contribution in [1.29, 1.82) is 0 Å². The molecule has 0 bridgehead atoms. The minimum atomic E-state index is -0.223. The van der Waals surface area contributed by atoms with Crippen molar-refractivity contribution in [3.63, 3.8) is 0 Å². The summed E-state index contributed by atoms with van der Waals surface area (Å²) in [6.07, 6.45) is 0. The van der Waals surface area contributed by atoms with E-state index in [0.717, 1.165) is 22.5 Å². The average Bonchev–Trinajstić information content (AvgIpc) is 2.99. The van der Waals surface area contributed by atoms with E-state index in [1.165, 1.54) is 0 Å². The number of amides is 1. The predicted octanol–water partition coefficient (Wildman–Crippen LogP) is 5.43. The Hall–Kier alpha value is -3.59. The van der Waals surface area contributed by atoms with Crippen LogP contribution in [0.1, 0.15) is 18.1 Å². The molecule has 0 spiro atoms. The summed E-state index contributed by atoms with van der Waals surface area (Å²) in [5, 5.41) is 10.9. The number of carbonyl (C=O) groups is 1. The van der Waals surface area contributed by atoms with Crippen LogP contribution >= 0.6 is 0 Å². The van der Waals surface area contributed by atoms with Gasteiger partial charge in [-0.1, -0.05) is 78.9 Å². The zero-order valence-corrected chi connectivity index (χ0v) is 15.0. The summed E-state index contributed by atoms with van der Waals surface area (Å²) in [5.74, 6) is -0.219. The Kier molecular flexibility index (Phi) is 4.35. The molecule has 3 heteroatoms. The third kappa shape index (κ3) is 2.93. The van der Waals surface area contributed by atoms with Crippen LogP contribution in [0.15, 0.2) is 102 Å². The van der Waals surface area contributed by atoms with Gasteiger partial charge in [0.2, 0.25) is 0 Å². The second kappa shape index (κ2) is 6.96. The summed E-state index contributed by atoms with van der Waals surface area (Å²) in [6.45, 7) is 1.89. The van der Waals surface area contributed by atoms with E-state index in [1.54, 1.807) is 17.0 Å². The maximum atomic E-state index is 13.4. The first kappa shape index (κ1) is 16.9. The summed E-state index contributed by atoms with van der Waals surface area (Å²) < 4.78 is 0. The van der Waals surface area contributed by atoms with E-state index in [2.05, 4.69) is 0 Å². The number of hydrogen-bond acceptors (Lipinski definition) is 2. The van der Waals surface area contributed by atoms with Crippen molar-refractivity contribution in [2.45, 2.75) is 6.92 Å². The summed E-state index contributed by atoms with van der Waals surface area (Å²) >= 11 is 0. The Bertz CT molecular complexity index is 1040. The number of nitrogens with zero attached hydrogens (tertiary/aromatic N) is 1. The quantitative estimate of drug-likeness (QED) is 0.503. The van der Waals surface area contributed by atoms with Gasteiger partial charge in [-0.15, -0.1) is 0 Å². The van der Waals surface area contributed by atoms with Crippen LogP contribution in [0.5, 0.6) is 0 Å². The fraction of sp³-hybridized carbons (Fsp3) is 0.0417. The maximum Gasteiger partial charge on any atom is 0.266 e. The zero-order chi connectivity index (χ0) is 18.8. The Morgan fingerprint density at radius 3 is 1.89 bits per heavy atom. The standard InChI is InChI=1S/C24H19NO2/c1-17-21(23(26)19-13-7-3-8-14-19)24(27)25(20-15-9-4-10-16-20)22(17)18-11-5-2-6-12-18/h2-16,26H,1H3/b23-21+. The van der Waals surface area contributed by atoms with Gasteiger partial charge in [0.05, 0.1) is 11.3 Å². The monoisotopic (exact) mass is 353 g/mol. The van der Waals surface area contributed by atoms with Gasteiger partial charge < -0.3 is 5.11 Å². The summed E-state index contributed by atoms with van der Waals surface area (Å²) in [4.78, 5) is 15.1. The lowest BCUT2D eigenvalue weighted by atomic mass is 10.0. The topological polar surface area (TPSA) is 40.5 Å². The number of benzene rings is 3. The lowest BCUT2D eigenvalue weighted by molar-refractivity contribution is -0.113. The van der Waals surface area contributed by atoms with Crippen LogP contribution in [0, 0.1) is 0 Å². The van der Waals surface area contributed by atoms with E-state index in [0.29, 0.717) is 11.1 Å². The molecule has 0 radical (unpaired) electrons. The van der Waals surface area contributed by atoms with Crippen molar-refractivity contribution in [1.82, 2.24) is 0 Å². The first-order valence-corrected chi connectivity index (χ1v) is 8.83. The summed E-state index contributed by atoms with van der Waals surface area (Å²) in [6, 6.07) is 28.5. The summed E-state index contributed by atoms with van der Waals surface area (Å²) in [7, 11) is 0. The van der Waals surface area contributed by atoms with E-state index in [4.69, 9.17) is 0 Å².